The summed E-state index contributed by atoms with van der Waals surface area (Å²) in [5.74, 6) is -0.285. The predicted octanol–water partition coefficient (Wildman–Crippen LogP) is 5.44. The van der Waals surface area contributed by atoms with Gasteiger partial charge in [0.05, 0.1) is 5.69 Å². The highest BCUT2D eigenvalue weighted by atomic mass is 32.1. The molecule has 4 heterocycles. The number of hydrogen-bond donors (Lipinski definition) is 1. The van der Waals surface area contributed by atoms with Crippen molar-refractivity contribution in [2.45, 2.75) is 26.3 Å². The molecule has 1 N–H and O–H groups in total. The van der Waals surface area contributed by atoms with Crippen LogP contribution in [0.25, 0.3) is 33.6 Å². The van der Waals surface area contributed by atoms with E-state index >= 15 is 0 Å². The Labute approximate surface area is 170 Å². The highest BCUT2D eigenvalue weighted by molar-refractivity contribution is 7.08. The van der Waals surface area contributed by atoms with E-state index < -0.39 is 11.4 Å². The second-order valence-electron chi connectivity index (χ2n) is 7.77. The standard InChI is InChI=1S/C23H19NO4S/c1-12(2)18-8-16-15-5-3-4-14(13-6-7-29-11-13)21(15)28-22(16)19-9-20(25)17(23(26)27)10-24(18)19/h3-7,9-12,18H,8H2,1-2H3,(H,26,27). The maximum Gasteiger partial charge on any atom is 0.341 e. The van der Waals surface area contributed by atoms with Gasteiger partial charge in [-0.1, -0.05) is 32.0 Å². The van der Waals surface area contributed by atoms with E-state index in [0.717, 1.165) is 34.1 Å². The van der Waals surface area contributed by atoms with Crippen LogP contribution in [0.15, 0.2) is 56.5 Å². The number of hydrogen-bond acceptors (Lipinski definition) is 4. The molecule has 1 aliphatic rings. The highest BCUT2D eigenvalue weighted by Gasteiger charge is 2.32. The zero-order valence-corrected chi connectivity index (χ0v) is 16.8. The summed E-state index contributed by atoms with van der Waals surface area (Å²) in [5.41, 5.74) is 3.95. The van der Waals surface area contributed by atoms with Gasteiger partial charge in [0.25, 0.3) is 0 Å². The normalized spacial score (nSPS) is 15.5. The first-order valence-corrected chi connectivity index (χ1v) is 10.5. The van der Waals surface area contributed by atoms with Crippen molar-refractivity contribution >= 4 is 28.3 Å². The third kappa shape index (κ3) is 2.67. The minimum Gasteiger partial charge on any atom is -0.477 e. The third-order valence-electron chi connectivity index (χ3n) is 5.73. The third-order valence-corrected chi connectivity index (χ3v) is 6.42. The van der Waals surface area contributed by atoms with Crippen LogP contribution in [-0.2, 0) is 6.42 Å². The molecule has 1 unspecified atom stereocenters. The molecule has 29 heavy (non-hydrogen) atoms. The molecule has 146 valence electrons. The van der Waals surface area contributed by atoms with Gasteiger partial charge in [-0.25, -0.2) is 4.79 Å². The maximum absolute atomic E-state index is 12.5. The van der Waals surface area contributed by atoms with E-state index in [9.17, 15) is 14.7 Å². The van der Waals surface area contributed by atoms with E-state index in [1.54, 1.807) is 11.3 Å². The van der Waals surface area contributed by atoms with Crippen molar-refractivity contribution in [3.63, 3.8) is 0 Å². The molecule has 0 aliphatic carbocycles. The van der Waals surface area contributed by atoms with E-state index in [-0.39, 0.29) is 17.5 Å². The predicted molar refractivity (Wildman–Crippen MR) is 114 cm³/mol. The summed E-state index contributed by atoms with van der Waals surface area (Å²) in [6, 6.07) is 9.65. The number of furan rings is 1. The molecule has 0 radical (unpaired) electrons. The lowest BCUT2D eigenvalue weighted by molar-refractivity contribution is 0.0694. The Balaban J connectivity index is 1.83. The van der Waals surface area contributed by atoms with Gasteiger partial charge < -0.3 is 14.1 Å². The molecule has 3 aromatic heterocycles. The Morgan fingerprint density at radius 3 is 2.83 bits per heavy atom. The van der Waals surface area contributed by atoms with Gasteiger partial charge in [-0.3, -0.25) is 4.79 Å². The molecule has 6 heteroatoms. The lowest BCUT2D eigenvalue weighted by Gasteiger charge is -2.31. The molecule has 0 spiro atoms. The number of para-hydroxylation sites is 1. The first-order valence-electron chi connectivity index (χ1n) is 9.52. The van der Waals surface area contributed by atoms with Gasteiger partial charge in [-0.05, 0) is 34.7 Å². The van der Waals surface area contributed by atoms with Gasteiger partial charge in [0.15, 0.2) is 11.2 Å². The van der Waals surface area contributed by atoms with Crippen molar-refractivity contribution in [1.82, 2.24) is 4.57 Å². The number of carboxylic acids is 1. The second-order valence-corrected chi connectivity index (χ2v) is 8.55. The van der Waals surface area contributed by atoms with Gasteiger partial charge in [-0.2, -0.15) is 11.3 Å². The van der Waals surface area contributed by atoms with E-state index in [1.807, 2.05) is 22.1 Å². The van der Waals surface area contributed by atoms with Crippen molar-refractivity contribution in [3.05, 3.63) is 68.6 Å². The van der Waals surface area contributed by atoms with Crippen LogP contribution >= 0.6 is 11.3 Å². The molecular formula is C23H19NO4S. The SMILES string of the molecule is CC(C)C1Cc2c(oc3c(-c4ccsc4)cccc23)-c2cc(=O)c(C(=O)O)cn21. The molecule has 0 saturated heterocycles. The van der Waals surface area contributed by atoms with Crippen LogP contribution < -0.4 is 5.43 Å². The lowest BCUT2D eigenvalue weighted by atomic mass is 9.89. The monoisotopic (exact) mass is 405 g/mol. The van der Waals surface area contributed by atoms with Crippen LogP contribution in [0.3, 0.4) is 0 Å². The van der Waals surface area contributed by atoms with E-state index in [4.69, 9.17) is 4.42 Å². The number of aromatic carboxylic acids is 1. The molecule has 1 aromatic carbocycles. The minimum atomic E-state index is -1.21. The van der Waals surface area contributed by atoms with Crippen molar-refractivity contribution < 1.29 is 14.3 Å². The van der Waals surface area contributed by atoms with Gasteiger partial charge in [-0.15, -0.1) is 0 Å². The Morgan fingerprint density at radius 1 is 1.31 bits per heavy atom. The van der Waals surface area contributed by atoms with Gasteiger partial charge >= 0.3 is 5.97 Å². The zero-order valence-electron chi connectivity index (χ0n) is 16.0. The van der Waals surface area contributed by atoms with Gasteiger partial charge in [0.1, 0.15) is 11.1 Å². The topological polar surface area (TPSA) is 72.4 Å². The fourth-order valence-corrected chi connectivity index (χ4v) is 4.91. The number of benzene rings is 1. The van der Waals surface area contributed by atoms with Crippen molar-refractivity contribution in [1.29, 1.82) is 0 Å². The number of carbonyl (C=O) groups is 1. The largest absolute Gasteiger partial charge is 0.477 e. The Morgan fingerprint density at radius 2 is 2.14 bits per heavy atom. The molecule has 0 saturated carbocycles. The van der Waals surface area contributed by atoms with Crippen molar-refractivity contribution in [2.24, 2.45) is 5.92 Å². The second kappa shape index (κ2) is 6.46. The average Bonchev–Trinajstić information content (AvgIpc) is 3.34. The van der Waals surface area contributed by atoms with Crippen LogP contribution in [0, 0.1) is 5.92 Å². The molecule has 0 amide bonds. The Hall–Kier alpha value is -3.12. The fourth-order valence-electron chi connectivity index (χ4n) is 4.26. The molecule has 4 aromatic rings. The maximum atomic E-state index is 12.5. The Kier molecular flexibility index (Phi) is 3.99. The summed E-state index contributed by atoms with van der Waals surface area (Å²) in [6.07, 6.45) is 2.20. The smallest absolute Gasteiger partial charge is 0.341 e. The molecular weight excluding hydrogens is 386 g/mol. The summed E-state index contributed by atoms with van der Waals surface area (Å²) < 4.78 is 8.26. The summed E-state index contributed by atoms with van der Waals surface area (Å²) in [4.78, 5) is 24.0. The summed E-state index contributed by atoms with van der Waals surface area (Å²) in [5, 5.41) is 14.6. The van der Waals surface area contributed by atoms with E-state index in [2.05, 4.69) is 31.4 Å². The summed E-state index contributed by atoms with van der Waals surface area (Å²) in [7, 11) is 0. The number of thiophene rings is 1. The molecule has 5 nitrogen and oxygen atoms in total. The number of fused-ring (bicyclic) bond motifs is 5. The average molecular weight is 405 g/mol. The van der Waals surface area contributed by atoms with Crippen LogP contribution in [0.1, 0.15) is 35.8 Å². The van der Waals surface area contributed by atoms with Crippen LogP contribution in [0.4, 0.5) is 0 Å². The van der Waals surface area contributed by atoms with Crippen molar-refractivity contribution in [3.8, 4) is 22.6 Å². The molecule has 5 rings (SSSR count). The van der Waals surface area contributed by atoms with E-state index in [1.165, 1.54) is 12.3 Å². The summed E-state index contributed by atoms with van der Waals surface area (Å²) in [6.45, 7) is 4.22. The quantitative estimate of drug-likeness (QED) is 0.492. The lowest BCUT2D eigenvalue weighted by Crippen LogP contribution is -2.27. The van der Waals surface area contributed by atoms with Crippen molar-refractivity contribution in [2.75, 3.05) is 0 Å². The first kappa shape index (κ1) is 17.9. The van der Waals surface area contributed by atoms with Crippen LogP contribution in [-0.4, -0.2) is 15.6 Å². The Bertz CT molecular complexity index is 1310. The number of rotatable bonds is 3. The molecule has 0 bridgehead atoms. The van der Waals surface area contributed by atoms with Gasteiger partial charge in [0, 0.05) is 34.8 Å². The number of pyridine rings is 1. The first-order chi connectivity index (χ1) is 14.0. The van der Waals surface area contributed by atoms with Crippen LogP contribution in [0.2, 0.25) is 0 Å². The summed E-state index contributed by atoms with van der Waals surface area (Å²) >= 11 is 1.63. The number of aromatic nitrogens is 1. The molecule has 0 fully saturated rings. The zero-order chi connectivity index (χ0) is 20.3. The van der Waals surface area contributed by atoms with E-state index in [0.29, 0.717) is 11.5 Å². The fraction of sp³-hybridized carbons (Fsp3) is 0.217. The molecule has 1 atom stereocenters. The van der Waals surface area contributed by atoms with Gasteiger partial charge in [0.2, 0.25) is 0 Å². The highest BCUT2D eigenvalue weighted by Crippen LogP contribution is 2.44. The minimum absolute atomic E-state index is 0.0433. The number of carboxylic acid groups (broad SMARTS) is 1. The number of nitrogens with zero attached hydrogens (tertiary/aromatic N) is 1. The van der Waals surface area contributed by atoms with Crippen LogP contribution in [0.5, 0.6) is 0 Å². The molecule has 1 aliphatic heterocycles.